The maximum atomic E-state index is 12.1. The van der Waals surface area contributed by atoms with Crippen molar-refractivity contribution in [2.24, 2.45) is 11.8 Å². The van der Waals surface area contributed by atoms with Gasteiger partial charge in [-0.1, -0.05) is 74.0 Å². The molecular weight excluding hydrogens is 450 g/mol. The Labute approximate surface area is 216 Å². The Bertz CT molecular complexity index is 956. The Balaban J connectivity index is 1.22. The van der Waals surface area contributed by atoms with Crippen molar-refractivity contribution in [2.45, 2.75) is 89.6 Å². The molecule has 1 aliphatic heterocycles. The van der Waals surface area contributed by atoms with Crippen LogP contribution in [0.15, 0.2) is 72.8 Å². The van der Waals surface area contributed by atoms with Gasteiger partial charge < -0.3 is 4.74 Å². The molecule has 2 aromatic carbocycles. The number of ether oxygens (including phenoxy) is 1. The number of unbranched alkanes of at least 4 members (excludes halogenated alkanes) is 2. The normalized spacial score (nSPS) is 24.6. The smallest absolute Gasteiger partial charge is 0.266 e. The molecule has 1 saturated carbocycles. The summed E-state index contributed by atoms with van der Waals surface area (Å²) in [5.41, 5.74) is 5.11. The Morgan fingerprint density at radius 2 is 1.56 bits per heavy atom. The Kier molecular flexibility index (Phi) is 10.3. The summed E-state index contributed by atoms with van der Waals surface area (Å²) in [6.07, 6.45) is 16.6. The summed E-state index contributed by atoms with van der Waals surface area (Å²) in [7, 11) is 0. The number of hydrogen-bond donors (Lipinski definition) is 0. The fourth-order valence-corrected chi connectivity index (χ4v) is 5.92. The first-order valence-corrected chi connectivity index (χ1v) is 14.1. The molecule has 0 aromatic heterocycles. The van der Waals surface area contributed by atoms with Gasteiger partial charge >= 0.3 is 0 Å². The minimum absolute atomic E-state index is 0.429. The zero-order chi connectivity index (χ0) is 25.2. The summed E-state index contributed by atoms with van der Waals surface area (Å²) < 4.78 is 30.6. The van der Waals surface area contributed by atoms with Crippen LogP contribution in [0.2, 0.25) is 0 Å². The van der Waals surface area contributed by atoms with Gasteiger partial charge in [-0.25, -0.2) is 0 Å². The molecule has 1 heterocycles. The standard InChI is InChI=1S/C33H42F2O/c1-2-3-4-8-26-12-23-32(36-24-26)31-21-19-30(20-22-31)29-17-15-28(16-18-29)27-13-10-25(11-14-27)7-5-6-9-33(34)35/h4,8-11,13-18,26,30-32H,2-3,5-7,12,19-24H2,1H3. The lowest BCUT2D eigenvalue weighted by atomic mass is 9.75. The van der Waals surface area contributed by atoms with Crippen molar-refractivity contribution in [1.29, 1.82) is 0 Å². The minimum atomic E-state index is -1.58. The second kappa shape index (κ2) is 13.9. The number of hydrogen-bond acceptors (Lipinski definition) is 1. The maximum Gasteiger partial charge on any atom is 0.266 e. The lowest BCUT2D eigenvalue weighted by molar-refractivity contribution is -0.0470. The van der Waals surface area contributed by atoms with Crippen molar-refractivity contribution in [3.8, 4) is 11.1 Å². The van der Waals surface area contributed by atoms with Crippen LogP contribution in [-0.4, -0.2) is 12.7 Å². The van der Waals surface area contributed by atoms with E-state index in [1.54, 1.807) is 0 Å². The minimum Gasteiger partial charge on any atom is -0.377 e. The molecule has 194 valence electrons. The van der Waals surface area contributed by atoms with Gasteiger partial charge in [0.2, 0.25) is 0 Å². The molecule has 3 heteroatoms. The van der Waals surface area contributed by atoms with E-state index in [9.17, 15) is 8.78 Å². The van der Waals surface area contributed by atoms with Crippen LogP contribution < -0.4 is 0 Å². The first-order chi connectivity index (χ1) is 17.6. The van der Waals surface area contributed by atoms with Gasteiger partial charge in [-0.05, 0) is 104 Å². The molecule has 1 nitrogen and oxygen atoms in total. The number of halogens is 2. The molecule has 2 atom stereocenters. The van der Waals surface area contributed by atoms with Crippen molar-refractivity contribution in [3.63, 3.8) is 0 Å². The van der Waals surface area contributed by atoms with Crippen LogP contribution in [0.1, 0.15) is 88.2 Å². The third kappa shape index (κ3) is 7.87. The van der Waals surface area contributed by atoms with Gasteiger partial charge in [0.25, 0.3) is 6.08 Å². The van der Waals surface area contributed by atoms with E-state index >= 15 is 0 Å². The Morgan fingerprint density at radius 1 is 0.861 bits per heavy atom. The van der Waals surface area contributed by atoms with Crippen LogP contribution in [0, 0.1) is 11.8 Å². The van der Waals surface area contributed by atoms with Gasteiger partial charge in [0.05, 0.1) is 12.7 Å². The molecule has 2 unspecified atom stereocenters. The molecule has 0 spiro atoms. The predicted octanol–water partition coefficient (Wildman–Crippen LogP) is 9.88. The molecular formula is C33H42F2O. The summed E-state index contributed by atoms with van der Waals surface area (Å²) in [6.45, 7) is 3.14. The quantitative estimate of drug-likeness (QED) is 0.237. The average molecular weight is 493 g/mol. The monoisotopic (exact) mass is 492 g/mol. The van der Waals surface area contributed by atoms with E-state index in [2.05, 4.69) is 67.6 Å². The van der Waals surface area contributed by atoms with Crippen LogP contribution >= 0.6 is 0 Å². The summed E-state index contributed by atoms with van der Waals surface area (Å²) >= 11 is 0. The largest absolute Gasteiger partial charge is 0.377 e. The van der Waals surface area contributed by atoms with E-state index in [1.165, 1.54) is 73.6 Å². The molecule has 2 fully saturated rings. The van der Waals surface area contributed by atoms with Gasteiger partial charge in [0.1, 0.15) is 0 Å². The Morgan fingerprint density at radius 3 is 2.17 bits per heavy atom. The van der Waals surface area contributed by atoms with Crippen molar-refractivity contribution in [1.82, 2.24) is 0 Å². The molecule has 2 aliphatic rings. The molecule has 0 radical (unpaired) electrons. The third-order valence-electron chi connectivity index (χ3n) is 8.15. The van der Waals surface area contributed by atoms with Crippen LogP contribution in [0.4, 0.5) is 8.78 Å². The Hall–Kier alpha value is -2.26. The van der Waals surface area contributed by atoms with E-state index in [1.807, 2.05) is 0 Å². The fourth-order valence-electron chi connectivity index (χ4n) is 5.92. The predicted molar refractivity (Wildman–Crippen MR) is 146 cm³/mol. The van der Waals surface area contributed by atoms with Gasteiger partial charge in [-0.15, -0.1) is 0 Å². The molecule has 2 aromatic rings. The maximum absolute atomic E-state index is 12.1. The first kappa shape index (κ1) is 26.8. The summed E-state index contributed by atoms with van der Waals surface area (Å²) in [5, 5.41) is 0. The average Bonchev–Trinajstić information content (AvgIpc) is 2.92. The fraction of sp³-hybridized carbons (Fsp3) is 0.515. The summed E-state index contributed by atoms with van der Waals surface area (Å²) in [6, 6.07) is 17.7. The highest BCUT2D eigenvalue weighted by molar-refractivity contribution is 5.64. The zero-order valence-corrected chi connectivity index (χ0v) is 21.8. The molecule has 0 amide bonds. The zero-order valence-electron chi connectivity index (χ0n) is 21.8. The topological polar surface area (TPSA) is 9.23 Å². The number of aryl methyl sites for hydroxylation is 1. The second-order valence-electron chi connectivity index (χ2n) is 10.7. The number of rotatable bonds is 10. The van der Waals surface area contributed by atoms with Gasteiger partial charge in [-0.3, -0.25) is 0 Å². The number of allylic oxidation sites excluding steroid dienone is 2. The van der Waals surface area contributed by atoms with E-state index in [0.29, 0.717) is 24.4 Å². The molecule has 0 bridgehead atoms. The van der Waals surface area contributed by atoms with Crippen LogP contribution in [0.3, 0.4) is 0 Å². The van der Waals surface area contributed by atoms with Crippen molar-refractivity contribution in [3.05, 3.63) is 84.0 Å². The SMILES string of the molecule is CCCC=CC1CCC(C2CCC(c3ccc(-c4ccc(CCCC=C(F)F)cc4)cc3)CC2)OC1. The third-order valence-corrected chi connectivity index (χ3v) is 8.15. The van der Waals surface area contributed by atoms with Gasteiger partial charge in [-0.2, -0.15) is 8.78 Å². The van der Waals surface area contributed by atoms with Gasteiger partial charge in [0.15, 0.2) is 0 Å². The molecule has 1 saturated heterocycles. The molecule has 1 aliphatic carbocycles. The van der Waals surface area contributed by atoms with Gasteiger partial charge in [0, 0.05) is 5.92 Å². The van der Waals surface area contributed by atoms with Crippen LogP contribution in [0.25, 0.3) is 11.1 Å². The van der Waals surface area contributed by atoms with E-state index < -0.39 is 6.08 Å². The van der Waals surface area contributed by atoms with E-state index in [0.717, 1.165) is 31.4 Å². The van der Waals surface area contributed by atoms with Crippen molar-refractivity contribution >= 4 is 0 Å². The lowest BCUT2D eigenvalue weighted by Gasteiger charge is -2.37. The highest BCUT2D eigenvalue weighted by Gasteiger charge is 2.31. The van der Waals surface area contributed by atoms with Crippen LogP contribution in [0.5, 0.6) is 0 Å². The van der Waals surface area contributed by atoms with E-state index in [4.69, 9.17) is 4.74 Å². The number of benzene rings is 2. The second-order valence-corrected chi connectivity index (χ2v) is 10.7. The first-order valence-electron chi connectivity index (χ1n) is 14.1. The lowest BCUT2D eigenvalue weighted by Crippen LogP contribution is -2.33. The van der Waals surface area contributed by atoms with E-state index in [-0.39, 0.29) is 0 Å². The van der Waals surface area contributed by atoms with Crippen molar-refractivity contribution in [2.75, 3.05) is 6.61 Å². The highest BCUT2D eigenvalue weighted by Crippen LogP contribution is 2.40. The summed E-state index contributed by atoms with van der Waals surface area (Å²) in [5.74, 6) is 2.01. The van der Waals surface area contributed by atoms with Crippen molar-refractivity contribution < 1.29 is 13.5 Å². The van der Waals surface area contributed by atoms with Crippen LogP contribution in [-0.2, 0) is 11.2 Å². The molecule has 4 rings (SSSR count). The highest BCUT2D eigenvalue weighted by atomic mass is 19.3. The molecule has 36 heavy (non-hydrogen) atoms. The molecule has 0 N–H and O–H groups in total. The summed E-state index contributed by atoms with van der Waals surface area (Å²) in [4.78, 5) is 0.